The largest absolute Gasteiger partial charge is 0.393 e. The third kappa shape index (κ3) is 5.59. The van der Waals surface area contributed by atoms with E-state index < -0.39 is 0 Å². The minimum atomic E-state index is -0.0631. The van der Waals surface area contributed by atoms with Gasteiger partial charge in [-0.1, -0.05) is 52.9 Å². The summed E-state index contributed by atoms with van der Waals surface area (Å²) in [7, 11) is 0. The summed E-state index contributed by atoms with van der Waals surface area (Å²) in [6, 6.07) is 0. The molecule has 0 radical (unpaired) electrons. The highest BCUT2D eigenvalue weighted by molar-refractivity contribution is 4.62. The molecule has 0 amide bonds. The Bertz CT molecular complexity index is 91.0. The maximum absolute atomic E-state index is 9.62. The average Bonchev–Trinajstić information content (AvgIpc) is 2.10. The van der Waals surface area contributed by atoms with Gasteiger partial charge in [0.25, 0.3) is 0 Å². The monoisotopic (exact) mass is 172 g/mol. The van der Waals surface area contributed by atoms with Crippen LogP contribution in [0.3, 0.4) is 0 Å². The van der Waals surface area contributed by atoms with Gasteiger partial charge < -0.3 is 5.11 Å². The zero-order chi connectivity index (χ0) is 9.40. The van der Waals surface area contributed by atoms with Crippen LogP contribution in [0.4, 0.5) is 0 Å². The summed E-state index contributed by atoms with van der Waals surface area (Å²) in [5.74, 6) is 0.478. The van der Waals surface area contributed by atoms with Crippen molar-refractivity contribution in [1.29, 1.82) is 0 Å². The van der Waals surface area contributed by atoms with E-state index >= 15 is 0 Å². The van der Waals surface area contributed by atoms with Gasteiger partial charge in [0.2, 0.25) is 0 Å². The molecule has 12 heavy (non-hydrogen) atoms. The van der Waals surface area contributed by atoms with Gasteiger partial charge in [-0.2, -0.15) is 0 Å². The van der Waals surface area contributed by atoms with Crippen LogP contribution in [0.15, 0.2) is 0 Å². The lowest BCUT2D eigenvalue weighted by Gasteiger charge is -2.16. The lowest BCUT2D eigenvalue weighted by atomic mass is 9.97. The molecule has 1 nitrogen and oxygen atoms in total. The summed E-state index contributed by atoms with van der Waals surface area (Å²) in [6.45, 7) is 6.48. The van der Waals surface area contributed by atoms with Gasteiger partial charge in [0.05, 0.1) is 6.10 Å². The summed E-state index contributed by atoms with van der Waals surface area (Å²) in [5.41, 5.74) is 0. The fourth-order valence-electron chi connectivity index (χ4n) is 1.34. The van der Waals surface area contributed by atoms with E-state index in [4.69, 9.17) is 0 Å². The van der Waals surface area contributed by atoms with E-state index in [1.807, 2.05) is 0 Å². The molecule has 0 aromatic carbocycles. The molecule has 0 fully saturated rings. The minimum absolute atomic E-state index is 0.0631. The second-order valence-corrected chi connectivity index (χ2v) is 3.80. The first kappa shape index (κ1) is 12.0. The first-order valence-corrected chi connectivity index (χ1v) is 5.40. The topological polar surface area (TPSA) is 20.2 Å². The number of unbranched alkanes of at least 4 members (excludes halogenated alkanes) is 3. The van der Waals surface area contributed by atoms with Gasteiger partial charge in [-0.3, -0.25) is 0 Å². The summed E-state index contributed by atoms with van der Waals surface area (Å²) in [6.07, 6.45) is 7.09. The molecule has 1 N–H and O–H groups in total. The lowest BCUT2D eigenvalue weighted by Crippen LogP contribution is -2.16. The van der Waals surface area contributed by atoms with Crippen LogP contribution < -0.4 is 0 Å². The highest BCUT2D eigenvalue weighted by Gasteiger charge is 2.10. The predicted octanol–water partition coefficient (Wildman–Crippen LogP) is 3.36. The SMILES string of the molecule is CCCCCC[C@H](O)[C@@H](C)CC. The van der Waals surface area contributed by atoms with E-state index in [2.05, 4.69) is 20.8 Å². The average molecular weight is 172 g/mol. The summed E-state index contributed by atoms with van der Waals surface area (Å²) < 4.78 is 0. The molecule has 2 atom stereocenters. The molecule has 0 bridgehead atoms. The standard InChI is InChI=1S/C11H24O/c1-4-6-7-8-9-11(12)10(3)5-2/h10-12H,4-9H2,1-3H3/t10-,11-/m0/s1. The number of hydrogen-bond donors (Lipinski definition) is 1. The molecule has 0 rings (SSSR count). The summed E-state index contributed by atoms with van der Waals surface area (Å²) >= 11 is 0. The molecule has 0 saturated heterocycles. The maximum Gasteiger partial charge on any atom is 0.0565 e. The molecule has 1 heteroatoms. The van der Waals surface area contributed by atoms with Crippen LogP contribution in [0, 0.1) is 5.92 Å². The Hall–Kier alpha value is -0.0400. The minimum Gasteiger partial charge on any atom is -0.393 e. The first-order chi connectivity index (χ1) is 5.72. The van der Waals surface area contributed by atoms with Crippen molar-refractivity contribution in [3.05, 3.63) is 0 Å². The summed E-state index contributed by atoms with van der Waals surface area (Å²) in [5, 5.41) is 9.62. The smallest absolute Gasteiger partial charge is 0.0565 e. The number of aliphatic hydroxyl groups is 1. The van der Waals surface area contributed by atoms with Crippen LogP contribution in [0.25, 0.3) is 0 Å². The molecule has 0 aliphatic carbocycles. The van der Waals surface area contributed by atoms with Crippen molar-refractivity contribution in [2.45, 2.75) is 65.4 Å². The maximum atomic E-state index is 9.62. The molecule has 0 aromatic rings. The van der Waals surface area contributed by atoms with Crippen LogP contribution in [0.5, 0.6) is 0 Å². The zero-order valence-corrected chi connectivity index (χ0v) is 8.84. The van der Waals surface area contributed by atoms with E-state index in [0.717, 1.165) is 12.8 Å². The van der Waals surface area contributed by atoms with Crippen LogP contribution in [0.2, 0.25) is 0 Å². The lowest BCUT2D eigenvalue weighted by molar-refractivity contribution is 0.103. The number of aliphatic hydroxyl groups excluding tert-OH is 1. The zero-order valence-electron chi connectivity index (χ0n) is 8.84. The van der Waals surface area contributed by atoms with Gasteiger partial charge in [0.1, 0.15) is 0 Å². The predicted molar refractivity (Wildman–Crippen MR) is 54.2 cm³/mol. The quantitative estimate of drug-likeness (QED) is 0.584. The summed E-state index contributed by atoms with van der Waals surface area (Å²) in [4.78, 5) is 0. The molecule has 74 valence electrons. The fraction of sp³-hybridized carbons (Fsp3) is 1.00. The molecule has 0 spiro atoms. The third-order valence-electron chi connectivity index (χ3n) is 2.65. The van der Waals surface area contributed by atoms with E-state index in [-0.39, 0.29) is 6.10 Å². The van der Waals surface area contributed by atoms with E-state index in [1.165, 1.54) is 25.7 Å². The second-order valence-electron chi connectivity index (χ2n) is 3.80. The van der Waals surface area contributed by atoms with Crippen LogP contribution in [0.1, 0.15) is 59.3 Å². The first-order valence-electron chi connectivity index (χ1n) is 5.40. The van der Waals surface area contributed by atoms with E-state index in [0.29, 0.717) is 5.92 Å². The number of hydrogen-bond acceptors (Lipinski definition) is 1. The molecule has 0 heterocycles. The second kappa shape index (κ2) is 7.60. The van der Waals surface area contributed by atoms with Gasteiger partial charge in [0.15, 0.2) is 0 Å². The Labute approximate surface area is 77.2 Å². The molecule has 0 saturated carbocycles. The Morgan fingerprint density at radius 2 is 1.75 bits per heavy atom. The van der Waals surface area contributed by atoms with Crippen molar-refractivity contribution in [3.8, 4) is 0 Å². The van der Waals surface area contributed by atoms with Crippen LogP contribution in [-0.4, -0.2) is 11.2 Å². The van der Waals surface area contributed by atoms with E-state index in [9.17, 15) is 5.11 Å². The Morgan fingerprint density at radius 1 is 1.08 bits per heavy atom. The molecule has 0 aliphatic rings. The molecular weight excluding hydrogens is 148 g/mol. The normalized spacial score (nSPS) is 16.0. The highest BCUT2D eigenvalue weighted by atomic mass is 16.3. The highest BCUT2D eigenvalue weighted by Crippen LogP contribution is 2.14. The van der Waals surface area contributed by atoms with Crippen LogP contribution in [-0.2, 0) is 0 Å². The Kier molecular flexibility index (Phi) is 7.58. The van der Waals surface area contributed by atoms with Gasteiger partial charge >= 0.3 is 0 Å². The van der Waals surface area contributed by atoms with Crippen LogP contribution >= 0.6 is 0 Å². The van der Waals surface area contributed by atoms with Gasteiger partial charge in [0, 0.05) is 0 Å². The van der Waals surface area contributed by atoms with Crippen molar-refractivity contribution >= 4 is 0 Å². The third-order valence-corrected chi connectivity index (χ3v) is 2.65. The molecule has 0 aliphatic heterocycles. The van der Waals surface area contributed by atoms with Gasteiger partial charge in [-0.25, -0.2) is 0 Å². The number of rotatable bonds is 7. The van der Waals surface area contributed by atoms with Gasteiger partial charge in [-0.15, -0.1) is 0 Å². The Morgan fingerprint density at radius 3 is 2.25 bits per heavy atom. The van der Waals surface area contributed by atoms with Crippen molar-refractivity contribution in [2.24, 2.45) is 5.92 Å². The van der Waals surface area contributed by atoms with Crippen molar-refractivity contribution in [1.82, 2.24) is 0 Å². The molecule has 0 aromatic heterocycles. The Balaban J connectivity index is 3.24. The van der Waals surface area contributed by atoms with Crippen molar-refractivity contribution in [3.63, 3.8) is 0 Å². The van der Waals surface area contributed by atoms with E-state index in [1.54, 1.807) is 0 Å². The molecule has 0 unspecified atom stereocenters. The fourth-order valence-corrected chi connectivity index (χ4v) is 1.34. The van der Waals surface area contributed by atoms with Gasteiger partial charge in [-0.05, 0) is 12.3 Å². The van der Waals surface area contributed by atoms with Crippen molar-refractivity contribution < 1.29 is 5.11 Å². The van der Waals surface area contributed by atoms with Crippen molar-refractivity contribution in [2.75, 3.05) is 0 Å². The molecular formula is C11H24O.